The Morgan fingerprint density at radius 2 is 0.800 bits per heavy atom. The van der Waals surface area contributed by atoms with Crippen molar-refractivity contribution in [1.82, 2.24) is 4.90 Å². The highest BCUT2D eigenvalue weighted by molar-refractivity contribution is 5.69. The molecule has 0 radical (unpaired) electrons. The number of methoxy groups -OCH3 is 1. The summed E-state index contributed by atoms with van der Waals surface area (Å²) in [6.45, 7) is 11.2. The van der Waals surface area contributed by atoms with Crippen molar-refractivity contribution in [2.45, 2.75) is 265 Å². The first-order chi connectivity index (χ1) is 31.6. The molecule has 0 aliphatic carbocycles. The van der Waals surface area contributed by atoms with Crippen molar-refractivity contribution in [3.63, 3.8) is 0 Å². The van der Waals surface area contributed by atoms with Crippen LogP contribution in [-0.4, -0.2) is 110 Å². The Hall–Kier alpha value is -1.79. The molecule has 1 atom stereocenters. The van der Waals surface area contributed by atoms with E-state index in [-0.39, 0.29) is 31.6 Å². The molecule has 0 rings (SSSR count). The Balaban J connectivity index is -0.000000272. The number of nitrogens with zero attached hydrogens (tertiary/aromatic N) is 1. The zero-order valence-corrected chi connectivity index (χ0v) is 44.1. The number of esters is 1. The van der Waals surface area contributed by atoms with E-state index in [4.69, 9.17) is 44.6 Å². The van der Waals surface area contributed by atoms with E-state index < -0.39 is 0 Å². The highest BCUT2D eigenvalue weighted by Gasteiger charge is 2.11. The van der Waals surface area contributed by atoms with Crippen molar-refractivity contribution >= 4 is 18.9 Å². The summed E-state index contributed by atoms with van der Waals surface area (Å²) in [5.74, 6) is 1.73. The number of carbonyl (C=O) groups is 3. The Morgan fingerprint density at radius 1 is 0.462 bits per heavy atom. The van der Waals surface area contributed by atoms with Gasteiger partial charge in [-0.1, -0.05) is 207 Å². The molecule has 0 aromatic carbocycles. The first-order valence-electron chi connectivity index (χ1n) is 26.9. The number of ether oxygens (including phenoxy) is 2. The Kier molecular flexibility index (Phi) is 76.4. The van der Waals surface area contributed by atoms with Crippen molar-refractivity contribution in [1.29, 1.82) is 0 Å². The van der Waals surface area contributed by atoms with E-state index >= 15 is 0 Å². The first-order valence-corrected chi connectivity index (χ1v) is 26.9. The molecule has 0 aromatic heterocycles. The van der Waals surface area contributed by atoms with Gasteiger partial charge in [-0.05, 0) is 77.4 Å². The number of carboxylic acid groups (broad SMARTS) is 2. The predicted octanol–water partition coefficient (Wildman–Crippen LogP) is 13.8. The van der Waals surface area contributed by atoms with Gasteiger partial charge in [0, 0.05) is 33.4 Å². The Morgan fingerprint density at radius 3 is 1.14 bits per heavy atom. The largest absolute Gasteiger partial charge is 0.483 e. The normalized spacial score (nSPS) is 11.1. The molecule has 0 aliphatic heterocycles. The first kappa shape index (κ1) is 72.2. The highest BCUT2D eigenvalue weighted by atomic mass is 16.5. The average Bonchev–Trinajstić information content (AvgIpc) is 3.28. The molecule has 0 amide bonds. The van der Waals surface area contributed by atoms with Crippen molar-refractivity contribution in [2.24, 2.45) is 11.8 Å². The minimum Gasteiger partial charge on any atom is -0.483 e. The van der Waals surface area contributed by atoms with E-state index in [1.54, 1.807) is 7.11 Å². The van der Waals surface area contributed by atoms with Gasteiger partial charge in [0.15, 0.2) is 0 Å². The van der Waals surface area contributed by atoms with E-state index in [0.29, 0.717) is 26.2 Å². The monoisotopic (exact) mass is 936 g/mol. The third-order valence-corrected chi connectivity index (χ3v) is 11.9. The van der Waals surface area contributed by atoms with Crippen molar-refractivity contribution in [2.75, 3.05) is 54.2 Å². The van der Waals surface area contributed by atoms with E-state index in [2.05, 4.69) is 46.7 Å². The Labute approximate surface area is 403 Å². The number of aliphatic hydroxyl groups excluding tert-OH is 3. The van der Waals surface area contributed by atoms with Crippen molar-refractivity contribution in [3.05, 3.63) is 0 Å². The van der Waals surface area contributed by atoms with Gasteiger partial charge in [0.25, 0.3) is 12.9 Å². The fourth-order valence-corrected chi connectivity index (χ4v) is 7.86. The molecule has 11 nitrogen and oxygen atoms in total. The molecule has 0 fully saturated rings. The molecule has 0 bridgehead atoms. The van der Waals surface area contributed by atoms with Crippen LogP contribution in [0.1, 0.15) is 259 Å². The molecule has 0 aliphatic rings. The van der Waals surface area contributed by atoms with Crippen LogP contribution in [0.25, 0.3) is 0 Å². The number of hydrogen-bond donors (Lipinski definition) is 5. The van der Waals surface area contributed by atoms with Gasteiger partial charge in [0.1, 0.15) is 0 Å². The van der Waals surface area contributed by atoms with Crippen LogP contribution in [0.5, 0.6) is 0 Å². The lowest BCUT2D eigenvalue weighted by atomic mass is 9.90. The summed E-state index contributed by atoms with van der Waals surface area (Å²) in [5.41, 5.74) is 0. The van der Waals surface area contributed by atoms with Crippen LogP contribution in [0.2, 0.25) is 0 Å². The van der Waals surface area contributed by atoms with Crippen LogP contribution in [-0.2, 0) is 23.9 Å². The van der Waals surface area contributed by atoms with Crippen LogP contribution >= 0.6 is 0 Å². The lowest BCUT2D eigenvalue weighted by Gasteiger charge is -2.16. The van der Waals surface area contributed by atoms with Gasteiger partial charge >= 0.3 is 5.97 Å². The Bertz CT molecular complexity index is 824. The molecule has 0 saturated heterocycles. The second-order valence-corrected chi connectivity index (χ2v) is 18.2. The molecule has 5 N–H and O–H groups in total. The van der Waals surface area contributed by atoms with Gasteiger partial charge in [-0.15, -0.1) is 0 Å². The van der Waals surface area contributed by atoms with Gasteiger partial charge < -0.3 is 39.9 Å². The van der Waals surface area contributed by atoms with E-state index in [9.17, 15) is 4.79 Å². The second-order valence-electron chi connectivity index (χ2n) is 18.2. The van der Waals surface area contributed by atoms with E-state index in [1.165, 1.54) is 154 Å². The van der Waals surface area contributed by atoms with Gasteiger partial charge in [-0.2, -0.15) is 0 Å². The van der Waals surface area contributed by atoms with Gasteiger partial charge in [-0.25, -0.2) is 0 Å². The quantitative estimate of drug-likeness (QED) is 0.0223. The third-order valence-electron chi connectivity index (χ3n) is 11.9. The topological polar surface area (TPSA) is 174 Å². The summed E-state index contributed by atoms with van der Waals surface area (Å²) < 4.78 is 10.7. The number of carbonyl (C=O) groups excluding carboxylic acids is 1. The zero-order valence-electron chi connectivity index (χ0n) is 44.1. The summed E-state index contributed by atoms with van der Waals surface area (Å²) in [6, 6.07) is 0. The average molecular weight is 936 g/mol. The lowest BCUT2D eigenvalue weighted by molar-refractivity contribution is -0.144. The summed E-state index contributed by atoms with van der Waals surface area (Å²) in [4.78, 5) is 30.7. The maximum absolute atomic E-state index is 11.8. The van der Waals surface area contributed by atoms with E-state index in [1.807, 2.05) is 0 Å². The highest BCUT2D eigenvalue weighted by Crippen LogP contribution is 2.24. The predicted molar refractivity (Wildman–Crippen MR) is 275 cm³/mol. The standard InChI is InChI=1S/C22H44O3.C21H44O.C9H21NO2.2CH2O2/c1-3-5-11-15-21(16-12-6-4-2)18-20-25-22(24)17-13-9-7-8-10-14-19-23;1-3-5-13-17-21(18-14-6-4-2)19-15-11-9-7-8-10-12-16-20-22;1-10(2)7-4-5-9(12-3)6-8-11;2*2-1-3/h21,23H,3-20H2,1-2H3;21-22H,3-20H2,1-2H3;9,11H,4-8H2,1-3H3;2*1H,(H,2,3). The van der Waals surface area contributed by atoms with Crippen LogP contribution in [0.3, 0.4) is 0 Å². The van der Waals surface area contributed by atoms with Gasteiger partial charge in [0.05, 0.1) is 12.7 Å². The molecule has 0 heterocycles. The molecule has 0 aromatic rings. The number of aliphatic hydroxyl groups is 3. The molecule has 0 spiro atoms. The van der Waals surface area contributed by atoms with Gasteiger partial charge in [0.2, 0.25) is 0 Å². The maximum Gasteiger partial charge on any atom is 0.305 e. The number of hydrogen-bond acceptors (Lipinski definition) is 9. The number of unbranched alkanes of at least 4 members (excludes halogenated alkanes) is 20. The molecular formula is C54H113NO10. The molecular weight excluding hydrogens is 823 g/mol. The second kappa shape index (κ2) is 68.8. The fraction of sp³-hybridized carbons (Fsp3) is 0.944. The molecule has 65 heavy (non-hydrogen) atoms. The molecule has 11 heteroatoms. The smallest absolute Gasteiger partial charge is 0.305 e. The molecule has 394 valence electrons. The third kappa shape index (κ3) is 74.0. The SMILES string of the molecule is CCCCCC(CCCCC)CCCCCCCCCCO.CCCCCC(CCCCC)CCOC(=O)CCCCCCCCO.COC(CCO)CCCN(C)C.O=CO.O=CO. The lowest BCUT2D eigenvalue weighted by Crippen LogP contribution is -2.17. The van der Waals surface area contributed by atoms with Crippen LogP contribution in [0.15, 0.2) is 0 Å². The summed E-state index contributed by atoms with van der Waals surface area (Å²) in [5, 5.41) is 39.9. The van der Waals surface area contributed by atoms with E-state index in [0.717, 1.165) is 89.0 Å². The minimum atomic E-state index is -0.250. The summed E-state index contributed by atoms with van der Waals surface area (Å²) >= 11 is 0. The van der Waals surface area contributed by atoms with Crippen LogP contribution in [0, 0.1) is 11.8 Å². The molecule has 0 saturated carbocycles. The number of rotatable bonds is 44. The van der Waals surface area contributed by atoms with Crippen molar-refractivity contribution in [3.8, 4) is 0 Å². The van der Waals surface area contributed by atoms with Crippen LogP contribution in [0.4, 0.5) is 0 Å². The maximum atomic E-state index is 11.8. The molecule has 1 unspecified atom stereocenters. The zero-order chi connectivity index (χ0) is 49.7. The minimum absolute atomic E-state index is 0.0174. The van der Waals surface area contributed by atoms with Gasteiger partial charge in [-0.3, -0.25) is 14.4 Å². The fourth-order valence-electron chi connectivity index (χ4n) is 7.86. The summed E-state index contributed by atoms with van der Waals surface area (Å²) in [6.07, 6.45) is 45.1. The summed E-state index contributed by atoms with van der Waals surface area (Å²) in [7, 11) is 5.83. The van der Waals surface area contributed by atoms with Crippen LogP contribution < -0.4 is 0 Å². The van der Waals surface area contributed by atoms with Crippen molar-refractivity contribution < 1.29 is 49.4 Å².